The minimum Gasteiger partial charge on any atom is -0.496 e. The third-order valence-electron chi connectivity index (χ3n) is 8.67. The van der Waals surface area contributed by atoms with Crippen LogP contribution in [0.3, 0.4) is 0 Å². The van der Waals surface area contributed by atoms with Crippen molar-refractivity contribution in [3.8, 4) is 5.75 Å². The summed E-state index contributed by atoms with van der Waals surface area (Å²) in [4.78, 5) is 27.8. The Morgan fingerprint density at radius 3 is 2.30 bits per heavy atom. The Kier molecular flexibility index (Phi) is 13.2. The molecule has 0 saturated carbocycles. The van der Waals surface area contributed by atoms with Crippen molar-refractivity contribution < 1.29 is 34.4 Å². The van der Waals surface area contributed by atoms with Crippen molar-refractivity contribution in [1.29, 1.82) is 0 Å². The van der Waals surface area contributed by atoms with Crippen molar-refractivity contribution in [2.45, 2.75) is 90.3 Å². The van der Waals surface area contributed by atoms with Crippen molar-refractivity contribution in [2.75, 3.05) is 40.9 Å². The summed E-state index contributed by atoms with van der Waals surface area (Å²) in [6.07, 6.45) is 1.04. The predicted octanol–water partition coefficient (Wildman–Crippen LogP) is 3.57. The van der Waals surface area contributed by atoms with E-state index in [-0.39, 0.29) is 30.8 Å². The van der Waals surface area contributed by atoms with Gasteiger partial charge >= 0.3 is 0 Å². The van der Waals surface area contributed by atoms with Crippen molar-refractivity contribution >= 4 is 17.9 Å². The summed E-state index contributed by atoms with van der Waals surface area (Å²) in [6.45, 7) is 12.1. The van der Waals surface area contributed by atoms with Crippen LogP contribution in [-0.2, 0) is 20.7 Å². The number of hydrogen-bond donors (Lipinski definition) is 5. The molecule has 0 radical (unpaired) electrons. The van der Waals surface area contributed by atoms with Gasteiger partial charge < -0.3 is 40.3 Å². The molecule has 1 fully saturated rings. The summed E-state index contributed by atoms with van der Waals surface area (Å²) in [5, 5.41) is 36.5. The largest absolute Gasteiger partial charge is 0.496 e. The van der Waals surface area contributed by atoms with E-state index in [1.807, 2.05) is 81.4 Å². The molecule has 0 spiro atoms. The Morgan fingerprint density at radius 2 is 1.72 bits per heavy atom. The second kappa shape index (κ2) is 16.2. The van der Waals surface area contributed by atoms with E-state index in [2.05, 4.69) is 24.5 Å². The third kappa shape index (κ3) is 10.1. The SMILES string of the molecule is COc1cc(C(C)C)c(Cc2ccc(/C=C/C(C)(C)C(=O)NC(C)(C)C(=O)NCCN(C)C)cc2)cc1[C@@H]1O[C@H](CO)[C@@H](O)C[C@H]1O. The molecule has 0 unspecified atom stereocenters. The van der Waals surface area contributed by atoms with Crippen LogP contribution in [0.4, 0.5) is 0 Å². The molecule has 1 saturated heterocycles. The first-order valence-electron chi connectivity index (χ1n) is 16.4. The molecule has 3 rings (SSSR count). The predicted molar refractivity (Wildman–Crippen MR) is 184 cm³/mol. The molecular formula is C37H55N3O7. The summed E-state index contributed by atoms with van der Waals surface area (Å²) in [6, 6.07) is 12.1. The van der Waals surface area contributed by atoms with Gasteiger partial charge in [0.2, 0.25) is 11.8 Å². The van der Waals surface area contributed by atoms with Gasteiger partial charge in [0.15, 0.2) is 0 Å². The molecule has 1 heterocycles. The van der Waals surface area contributed by atoms with Crippen LogP contribution in [0.1, 0.15) is 87.8 Å². The van der Waals surface area contributed by atoms with Gasteiger partial charge in [0.1, 0.15) is 23.5 Å². The topological polar surface area (TPSA) is 141 Å². The van der Waals surface area contributed by atoms with Gasteiger partial charge in [0.05, 0.1) is 31.3 Å². The molecule has 5 N–H and O–H groups in total. The molecule has 0 aromatic heterocycles. The number of carbonyl (C=O) groups is 2. The minimum atomic E-state index is -1.06. The number of methoxy groups -OCH3 is 1. The Morgan fingerprint density at radius 1 is 1.06 bits per heavy atom. The lowest BCUT2D eigenvalue weighted by atomic mass is 9.86. The zero-order valence-corrected chi connectivity index (χ0v) is 29.5. The Labute approximate surface area is 280 Å². The first-order valence-corrected chi connectivity index (χ1v) is 16.4. The van der Waals surface area contributed by atoms with Crippen LogP contribution in [0.2, 0.25) is 0 Å². The van der Waals surface area contributed by atoms with Crippen LogP contribution in [0, 0.1) is 5.41 Å². The van der Waals surface area contributed by atoms with Gasteiger partial charge in [0, 0.05) is 25.1 Å². The average Bonchev–Trinajstić information content (AvgIpc) is 3.00. The molecular weight excluding hydrogens is 598 g/mol. The van der Waals surface area contributed by atoms with Crippen LogP contribution in [0.15, 0.2) is 42.5 Å². The number of carbonyl (C=O) groups excluding carboxylic acids is 2. The Hall–Kier alpha value is -3.28. The van der Waals surface area contributed by atoms with Gasteiger partial charge in [-0.25, -0.2) is 0 Å². The van der Waals surface area contributed by atoms with Crippen LogP contribution >= 0.6 is 0 Å². The van der Waals surface area contributed by atoms with E-state index in [0.717, 1.165) is 22.3 Å². The van der Waals surface area contributed by atoms with Gasteiger partial charge in [0.25, 0.3) is 0 Å². The average molecular weight is 654 g/mol. The smallest absolute Gasteiger partial charge is 0.245 e. The maximum absolute atomic E-state index is 13.2. The highest BCUT2D eigenvalue weighted by Crippen LogP contribution is 2.40. The summed E-state index contributed by atoms with van der Waals surface area (Å²) < 4.78 is 11.7. The van der Waals surface area contributed by atoms with Crippen LogP contribution in [-0.4, -0.2) is 96.8 Å². The molecule has 0 bridgehead atoms. The number of benzene rings is 2. The van der Waals surface area contributed by atoms with E-state index in [1.54, 1.807) is 21.0 Å². The normalized spacial score (nSPS) is 20.6. The highest BCUT2D eigenvalue weighted by Gasteiger charge is 2.38. The van der Waals surface area contributed by atoms with Gasteiger partial charge in [-0.1, -0.05) is 50.3 Å². The fraction of sp³-hybridized carbons (Fsp3) is 0.568. The second-order valence-electron chi connectivity index (χ2n) is 14.2. The Balaban J connectivity index is 1.76. The first kappa shape index (κ1) is 38.2. The van der Waals surface area contributed by atoms with Crippen LogP contribution < -0.4 is 15.4 Å². The zero-order valence-electron chi connectivity index (χ0n) is 29.5. The molecule has 10 nitrogen and oxygen atoms in total. The van der Waals surface area contributed by atoms with Gasteiger partial charge in [-0.05, 0) is 88.5 Å². The maximum Gasteiger partial charge on any atom is 0.245 e. The minimum absolute atomic E-state index is 0.0951. The molecule has 1 aliphatic heterocycles. The molecule has 0 aliphatic carbocycles. The molecule has 2 amide bonds. The maximum atomic E-state index is 13.2. The van der Waals surface area contributed by atoms with E-state index in [0.29, 0.717) is 30.8 Å². The fourth-order valence-corrected chi connectivity index (χ4v) is 5.55. The molecule has 1 aliphatic rings. The summed E-state index contributed by atoms with van der Waals surface area (Å²) in [7, 11) is 5.45. The molecule has 260 valence electrons. The quantitative estimate of drug-likeness (QED) is 0.209. The van der Waals surface area contributed by atoms with E-state index < -0.39 is 35.4 Å². The van der Waals surface area contributed by atoms with E-state index in [9.17, 15) is 24.9 Å². The van der Waals surface area contributed by atoms with Crippen molar-refractivity contribution in [3.05, 3.63) is 70.3 Å². The lowest BCUT2D eigenvalue weighted by Gasteiger charge is -2.37. The van der Waals surface area contributed by atoms with Gasteiger partial charge in [-0.15, -0.1) is 0 Å². The monoisotopic (exact) mass is 653 g/mol. The number of rotatable bonds is 14. The second-order valence-corrected chi connectivity index (χ2v) is 14.2. The number of hydrogen-bond acceptors (Lipinski definition) is 8. The fourth-order valence-electron chi connectivity index (χ4n) is 5.55. The Bertz CT molecular complexity index is 1390. The highest BCUT2D eigenvalue weighted by molar-refractivity contribution is 5.93. The summed E-state index contributed by atoms with van der Waals surface area (Å²) >= 11 is 0. The molecule has 4 atom stereocenters. The van der Waals surface area contributed by atoms with Crippen molar-refractivity contribution in [2.24, 2.45) is 5.41 Å². The molecule has 2 aromatic carbocycles. The number of nitrogens with one attached hydrogen (secondary N) is 2. The van der Waals surface area contributed by atoms with Crippen molar-refractivity contribution in [3.63, 3.8) is 0 Å². The van der Waals surface area contributed by atoms with E-state index in [1.165, 1.54) is 0 Å². The molecule has 47 heavy (non-hydrogen) atoms. The number of nitrogens with zero attached hydrogens (tertiary/aromatic N) is 1. The van der Waals surface area contributed by atoms with Crippen LogP contribution in [0.25, 0.3) is 6.08 Å². The van der Waals surface area contributed by atoms with E-state index in [4.69, 9.17) is 9.47 Å². The lowest BCUT2D eigenvalue weighted by Crippen LogP contribution is -2.57. The van der Waals surface area contributed by atoms with Gasteiger partial charge in [-0.2, -0.15) is 0 Å². The van der Waals surface area contributed by atoms with Crippen molar-refractivity contribution in [1.82, 2.24) is 15.5 Å². The standard InChI is InChI=1S/C37H55N3O7/c1-23(2)27-20-31(46-9)28(33-30(43)21-29(42)32(22-41)47-33)19-26(27)18-25-12-10-24(11-13-25)14-15-36(3,4)34(44)39-37(5,6)35(45)38-16-17-40(7)8/h10-15,19-20,23,29-30,32-33,41-43H,16-18,21-22H2,1-9H3,(H,38,45)(H,39,44)/b15-14+/t29-,30+,32+,33-/m0/s1. The summed E-state index contributed by atoms with van der Waals surface area (Å²) in [5.41, 5.74) is 2.94. The number of amides is 2. The number of likely N-dealkylation sites (N-methyl/N-ethyl adjacent to an activating group) is 1. The molecule has 2 aromatic rings. The third-order valence-corrected chi connectivity index (χ3v) is 8.67. The van der Waals surface area contributed by atoms with Crippen LogP contribution in [0.5, 0.6) is 5.75 Å². The van der Waals surface area contributed by atoms with E-state index >= 15 is 0 Å². The number of ether oxygens (including phenoxy) is 2. The molecule has 10 heteroatoms. The van der Waals surface area contributed by atoms with Gasteiger partial charge in [-0.3, -0.25) is 9.59 Å². The summed E-state index contributed by atoms with van der Waals surface area (Å²) in [5.74, 6) is 0.321. The zero-order chi connectivity index (χ0) is 35.1. The highest BCUT2D eigenvalue weighted by atomic mass is 16.5. The number of aliphatic hydroxyl groups excluding tert-OH is 3. The lowest BCUT2D eigenvalue weighted by molar-refractivity contribution is -0.182. The first-order chi connectivity index (χ1) is 22.0. The number of aliphatic hydroxyl groups is 3.